The monoisotopic (exact) mass is 136 g/mol. The van der Waals surface area contributed by atoms with Crippen LogP contribution in [0.4, 0.5) is 0 Å². The summed E-state index contributed by atoms with van der Waals surface area (Å²) in [5.41, 5.74) is 0. The number of aliphatic hydroxyl groups excluding tert-OH is 2. The maximum atomic E-state index is 8.88. The van der Waals surface area contributed by atoms with Gasteiger partial charge in [0.25, 0.3) is 0 Å². The van der Waals surface area contributed by atoms with Crippen LogP contribution in [0.1, 0.15) is 12.8 Å². The molecule has 2 N–H and O–H groups in total. The predicted octanol–water partition coefficient (Wildman–Crippen LogP) is 0.109. The Morgan fingerprint density at radius 2 is 1.88 bits per heavy atom. The van der Waals surface area contributed by atoms with E-state index in [1.54, 1.807) is 0 Å². The zero-order valence-corrected chi connectivity index (χ0v) is 5.17. The van der Waals surface area contributed by atoms with Gasteiger partial charge in [0.05, 0.1) is 17.6 Å². The van der Waals surface area contributed by atoms with Crippen molar-refractivity contribution in [3.8, 4) is 0 Å². The normalized spacial score (nSPS) is 47.6. The van der Waals surface area contributed by atoms with Gasteiger partial charge in [-0.25, -0.2) is 0 Å². The molecular formula is C5H9ClO2. The molecule has 0 heterocycles. The fourth-order valence-electron chi connectivity index (χ4n) is 0.913. The second kappa shape index (κ2) is 2.21. The summed E-state index contributed by atoms with van der Waals surface area (Å²) in [6.45, 7) is 0. The average molecular weight is 137 g/mol. The Hall–Kier alpha value is 0.210. The Labute approximate surface area is 53.1 Å². The molecule has 48 valence electrons. The lowest BCUT2D eigenvalue weighted by Crippen LogP contribution is -2.24. The Morgan fingerprint density at radius 3 is 2.00 bits per heavy atom. The van der Waals surface area contributed by atoms with Crippen LogP contribution in [0.25, 0.3) is 0 Å². The van der Waals surface area contributed by atoms with Gasteiger partial charge in [-0.3, -0.25) is 0 Å². The van der Waals surface area contributed by atoms with Crippen LogP contribution < -0.4 is 0 Å². The maximum absolute atomic E-state index is 8.88. The van der Waals surface area contributed by atoms with Crippen molar-refractivity contribution in [2.75, 3.05) is 0 Å². The Morgan fingerprint density at radius 1 is 1.25 bits per heavy atom. The van der Waals surface area contributed by atoms with Gasteiger partial charge < -0.3 is 10.2 Å². The van der Waals surface area contributed by atoms with Crippen molar-refractivity contribution in [3.05, 3.63) is 0 Å². The quantitative estimate of drug-likeness (QED) is 0.464. The third kappa shape index (κ3) is 0.966. The molecule has 3 heteroatoms. The number of aliphatic hydroxyl groups is 2. The summed E-state index contributed by atoms with van der Waals surface area (Å²) >= 11 is 5.55. The van der Waals surface area contributed by atoms with E-state index in [9.17, 15) is 0 Å². The minimum absolute atomic E-state index is 0.231. The SMILES string of the molecule is O[C@H]1[C@H](Cl)CC[C@@H]1O. The third-order valence-electron chi connectivity index (χ3n) is 1.50. The number of alkyl halides is 1. The van der Waals surface area contributed by atoms with Gasteiger partial charge in [0.15, 0.2) is 0 Å². The first-order chi connectivity index (χ1) is 3.72. The van der Waals surface area contributed by atoms with Crippen molar-refractivity contribution in [1.29, 1.82) is 0 Å². The van der Waals surface area contributed by atoms with E-state index in [2.05, 4.69) is 0 Å². The van der Waals surface area contributed by atoms with Crippen LogP contribution in [0, 0.1) is 0 Å². The zero-order valence-electron chi connectivity index (χ0n) is 4.42. The Balaban J connectivity index is 2.44. The topological polar surface area (TPSA) is 40.5 Å². The molecule has 0 radical (unpaired) electrons. The lowest BCUT2D eigenvalue weighted by molar-refractivity contribution is 0.0454. The molecule has 0 bridgehead atoms. The molecule has 0 aromatic heterocycles. The van der Waals surface area contributed by atoms with E-state index in [4.69, 9.17) is 21.8 Å². The summed E-state index contributed by atoms with van der Waals surface area (Å²) in [6.07, 6.45) is 0.0772. The first-order valence-electron chi connectivity index (χ1n) is 2.72. The number of hydrogen-bond donors (Lipinski definition) is 2. The van der Waals surface area contributed by atoms with Crippen molar-refractivity contribution in [2.45, 2.75) is 30.4 Å². The fraction of sp³-hybridized carbons (Fsp3) is 1.00. The Bertz CT molecular complexity index is 76.5. The zero-order chi connectivity index (χ0) is 6.15. The summed E-state index contributed by atoms with van der Waals surface area (Å²) in [7, 11) is 0. The van der Waals surface area contributed by atoms with Crippen LogP contribution in [0.3, 0.4) is 0 Å². The van der Waals surface area contributed by atoms with Gasteiger partial charge in [-0.05, 0) is 12.8 Å². The fourth-order valence-corrected chi connectivity index (χ4v) is 1.21. The van der Waals surface area contributed by atoms with Crippen LogP contribution in [-0.2, 0) is 0 Å². The number of hydrogen-bond acceptors (Lipinski definition) is 2. The highest BCUT2D eigenvalue weighted by atomic mass is 35.5. The van der Waals surface area contributed by atoms with Crippen LogP contribution in [0.5, 0.6) is 0 Å². The summed E-state index contributed by atoms with van der Waals surface area (Å²) in [6, 6.07) is 0. The molecule has 0 unspecified atom stereocenters. The minimum Gasteiger partial charge on any atom is -0.390 e. The van der Waals surface area contributed by atoms with E-state index in [-0.39, 0.29) is 5.38 Å². The van der Waals surface area contributed by atoms with Gasteiger partial charge >= 0.3 is 0 Å². The lowest BCUT2D eigenvalue weighted by atomic mass is 10.3. The molecule has 3 atom stereocenters. The molecule has 1 aliphatic carbocycles. The smallest absolute Gasteiger partial charge is 0.0962 e. The first-order valence-corrected chi connectivity index (χ1v) is 3.15. The highest BCUT2D eigenvalue weighted by Crippen LogP contribution is 2.23. The molecule has 0 amide bonds. The van der Waals surface area contributed by atoms with Gasteiger partial charge in [0.2, 0.25) is 0 Å². The molecule has 0 aliphatic heterocycles. The summed E-state index contributed by atoms with van der Waals surface area (Å²) in [5.74, 6) is 0. The average Bonchev–Trinajstić information content (AvgIpc) is 1.98. The second-order valence-electron chi connectivity index (χ2n) is 2.15. The van der Waals surface area contributed by atoms with Crippen LogP contribution in [-0.4, -0.2) is 27.8 Å². The van der Waals surface area contributed by atoms with E-state index in [1.807, 2.05) is 0 Å². The highest BCUT2D eigenvalue weighted by molar-refractivity contribution is 6.21. The van der Waals surface area contributed by atoms with Crippen molar-refractivity contribution >= 4 is 11.6 Å². The largest absolute Gasteiger partial charge is 0.390 e. The minimum atomic E-state index is -0.698. The van der Waals surface area contributed by atoms with Gasteiger partial charge in [0, 0.05) is 0 Å². The molecule has 2 nitrogen and oxygen atoms in total. The molecular weight excluding hydrogens is 128 g/mol. The van der Waals surface area contributed by atoms with Gasteiger partial charge in [0.1, 0.15) is 0 Å². The molecule has 0 aromatic rings. The standard InChI is InChI=1S/C5H9ClO2/c6-3-1-2-4(7)5(3)8/h3-5,7-8H,1-2H2/t3-,4+,5+/m1/s1. The van der Waals surface area contributed by atoms with Crippen LogP contribution in [0.2, 0.25) is 0 Å². The third-order valence-corrected chi connectivity index (χ3v) is 1.98. The molecule has 0 aromatic carbocycles. The van der Waals surface area contributed by atoms with Gasteiger partial charge in [-0.1, -0.05) is 0 Å². The number of rotatable bonds is 0. The van der Waals surface area contributed by atoms with E-state index < -0.39 is 12.2 Å². The lowest BCUT2D eigenvalue weighted by Gasteiger charge is -2.07. The maximum Gasteiger partial charge on any atom is 0.0962 e. The van der Waals surface area contributed by atoms with Crippen LogP contribution in [0.15, 0.2) is 0 Å². The number of halogens is 1. The van der Waals surface area contributed by atoms with E-state index in [0.29, 0.717) is 6.42 Å². The summed E-state index contributed by atoms with van der Waals surface area (Å²) < 4.78 is 0. The summed E-state index contributed by atoms with van der Waals surface area (Å²) in [4.78, 5) is 0. The summed E-state index contributed by atoms with van der Waals surface area (Å²) in [5, 5.41) is 17.5. The van der Waals surface area contributed by atoms with Crippen molar-refractivity contribution < 1.29 is 10.2 Å². The molecule has 8 heavy (non-hydrogen) atoms. The molecule has 1 rings (SSSR count). The highest BCUT2D eigenvalue weighted by Gasteiger charge is 2.31. The second-order valence-corrected chi connectivity index (χ2v) is 2.71. The van der Waals surface area contributed by atoms with Crippen molar-refractivity contribution in [1.82, 2.24) is 0 Å². The van der Waals surface area contributed by atoms with E-state index in [0.717, 1.165) is 6.42 Å². The van der Waals surface area contributed by atoms with Gasteiger partial charge in [-0.2, -0.15) is 0 Å². The van der Waals surface area contributed by atoms with Crippen molar-refractivity contribution in [2.24, 2.45) is 0 Å². The van der Waals surface area contributed by atoms with E-state index >= 15 is 0 Å². The molecule has 1 saturated carbocycles. The Kier molecular flexibility index (Phi) is 1.75. The molecule has 0 saturated heterocycles. The first kappa shape index (κ1) is 6.33. The van der Waals surface area contributed by atoms with Crippen LogP contribution >= 0.6 is 11.6 Å². The molecule has 1 fully saturated rings. The molecule has 1 aliphatic rings. The molecule has 0 spiro atoms. The van der Waals surface area contributed by atoms with E-state index in [1.165, 1.54) is 0 Å². The van der Waals surface area contributed by atoms with Gasteiger partial charge in [-0.15, -0.1) is 11.6 Å². The predicted molar refractivity (Wildman–Crippen MR) is 30.9 cm³/mol. The van der Waals surface area contributed by atoms with Crippen molar-refractivity contribution in [3.63, 3.8) is 0 Å².